The van der Waals surface area contributed by atoms with E-state index < -0.39 is 9.84 Å². The lowest BCUT2D eigenvalue weighted by Crippen LogP contribution is -2.07. The number of hydrogen-bond acceptors (Lipinski definition) is 6. The molecule has 0 saturated heterocycles. The van der Waals surface area contributed by atoms with Crippen LogP contribution in [0.25, 0.3) is 17.3 Å². The number of methoxy groups -OCH3 is 1. The number of thiazole rings is 1. The van der Waals surface area contributed by atoms with E-state index in [1.54, 1.807) is 37.5 Å². The second kappa shape index (κ2) is 11.1. The topological polar surface area (TPSA) is 85.4 Å². The summed E-state index contributed by atoms with van der Waals surface area (Å²) in [5, 5.41) is 5.13. The van der Waals surface area contributed by atoms with Crippen molar-refractivity contribution in [1.82, 2.24) is 4.98 Å². The zero-order valence-corrected chi connectivity index (χ0v) is 19.7. The smallest absolute Gasteiger partial charge is 0.250 e. The number of nitrogens with one attached hydrogen (secondary N) is 1. The van der Waals surface area contributed by atoms with Crippen LogP contribution in [0.3, 0.4) is 0 Å². The van der Waals surface area contributed by atoms with Crippen molar-refractivity contribution in [3.05, 3.63) is 65.6 Å². The summed E-state index contributed by atoms with van der Waals surface area (Å²) in [6.45, 7) is 2.04. The third-order valence-corrected chi connectivity index (χ3v) is 7.38. The van der Waals surface area contributed by atoms with Gasteiger partial charge >= 0.3 is 0 Å². The maximum absolute atomic E-state index is 12.3. The largest absolute Gasteiger partial charge is 0.497 e. The number of benzene rings is 2. The minimum Gasteiger partial charge on any atom is -0.497 e. The van der Waals surface area contributed by atoms with Gasteiger partial charge in [0.15, 0.2) is 15.0 Å². The standard InChI is InChI=1S/C24H26N2O4S2/c1-3-4-5-16-32(28,29)21-13-6-18(7-14-21)8-15-23(27)26-24-25-22(17-31-24)19-9-11-20(30-2)12-10-19/h6-15,17H,3-5,16H2,1-2H3,(H,25,26,27). The lowest BCUT2D eigenvalue weighted by atomic mass is 10.2. The fourth-order valence-corrected chi connectivity index (χ4v) is 5.08. The third-order valence-electron chi connectivity index (χ3n) is 4.80. The highest BCUT2D eigenvalue weighted by Gasteiger charge is 2.13. The predicted molar refractivity (Wildman–Crippen MR) is 130 cm³/mol. The quantitative estimate of drug-likeness (QED) is 0.315. The number of amides is 1. The van der Waals surface area contributed by atoms with Gasteiger partial charge in [0.25, 0.3) is 0 Å². The first kappa shape index (κ1) is 23.7. The number of carbonyl (C=O) groups is 1. The molecule has 0 radical (unpaired) electrons. The van der Waals surface area contributed by atoms with Crippen LogP contribution in [-0.4, -0.2) is 32.2 Å². The van der Waals surface area contributed by atoms with Gasteiger partial charge in [0.1, 0.15) is 5.75 Å². The molecule has 0 saturated carbocycles. The van der Waals surface area contributed by atoms with E-state index in [1.807, 2.05) is 36.6 Å². The van der Waals surface area contributed by atoms with Crippen molar-refractivity contribution in [3.8, 4) is 17.0 Å². The van der Waals surface area contributed by atoms with Gasteiger partial charge in [-0.25, -0.2) is 13.4 Å². The number of sulfone groups is 1. The van der Waals surface area contributed by atoms with Gasteiger partial charge in [-0.1, -0.05) is 31.9 Å². The van der Waals surface area contributed by atoms with Crippen molar-refractivity contribution < 1.29 is 17.9 Å². The van der Waals surface area contributed by atoms with Gasteiger partial charge in [0, 0.05) is 17.0 Å². The van der Waals surface area contributed by atoms with Crippen LogP contribution in [0, 0.1) is 0 Å². The minimum absolute atomic E-state index is 0.157. The molecule has 6 nitrogen and oxygen atoms in total. The second-order valence-corrected chi connectivity index (χ2v) is 10.2. The van der Waals surface area contributed by atoms with Crippen molar-refractivity contribution >= 4 is 38.3 Å². The lowest BCUT2D eigenvalue weighted by molar-refractivity contribution is -0.111. The first-order valence-electron chi connectivity index (χ1n) is 10.3. The molecular formula is C24H26N2O4S2. The molecule has 0 aliphatic heterocycles. The molecule has 168 valence electrons. The normalized spacial score (nSPS) is 11.6. The number of carbonyl (C=O) groups excluding carboxylic acids is 1. The summed E-state index contributed by atoms with van der Waals surface area (Å²) in [4.78, 5) is 17.0. The lowest BCUT2D eigenvalue weighted by Gasteiger charge is -2.04. The molecule has 1 N–H and O–H groups in total. The zero-order chi connectivity index (χ0) is 23.0. The van der Waals surface area contributed by atoms with Crippen molar-refractivity contribution in [2.24, 2.45) is 0 Å². The molecule has 1 heterocycles. The molecule has 0 aliphatic carbocycles. The Morgan fingerprint density at radius 2 is 1.81 bits per heavy atom. The van der Waals surface area contributed by atoms with Crippen LogP contribution in [0.2, 0.25) is 0 Å². The van der Waals surface area contributed by atoms with Crippen molar-refractivity contribution in [1.29, 1.82) is 0 Å². The van der Waals surface area contributed by atoms with Crippen molar-refractivity contribution in [3.63, 3.8) is 0 Å². The Bertz CT molecular complexity index is 1170. The number of unbranched alkanes of at least 4 members (excludes halogenated alkanes) is 2. The molecule has 32 heavy (non-hydrogen) atoms. The SMILES string of the molecule is CCCCCS(=O)(=O)c1ccc(C=CC(=O)Nc2nc(-c3ccc(OC)cc3)cs2)cc1. The molecule has 1 aromatic heterocycles. The molecule has 3 aromatic rings. The number of hydrogen-bond donors (Lipinski definition) is 1. The fourth-order valence-electron chi connectivity index (χ4n) is 2.99. The first-order chi connectivity index (χ1) is 15.4. The van der Waals surface area contributed by atoms with E-state index in [-0.39, 0.29) is 11.7 Å². The van der Waals surface area contributed by atoms with Gasteiger partial charge in [-0.3, -0.25) is 10.1 Å². The van der Waals surface area contributed by atoms with Crippen LogP contribution in [0.1, 0.15) is 31.7 Å². The number of rotatable bonds is 10. The summed E-state index contributed by atoms with van der Waals surface area (Å²) in [5.74, 6) is 0.617. The van der Waals surface area contributed by atoms with Crippen LogP contribution >= 0.6 is 11.3 Å². The highest BCUT2D eigenvalue weighted by molar-refractivity contribution is 7.91. The monoisotopic (exact) mass is 470 g/mol. The van der Waals surface area contributed by atoms with E-state index in [1.165, 1.54) is 17.4 Å². The molecule has 1 amide bonds. The molecule has 0 aliphatic rings. The van der Waals surface area contributed by atoms with E-state index in [0.717, 1.165) is 35.4 Å². The molecule has 8 heteroatoms. The third kappa shape index (κ3) is 6.51. The number of anilines is 1. The van der Waals surface area contributed by atoms with Gasteiger partial charge in [-0.15, -0.1) is 11.3 Å². The van der Waals surface area contributed by atoms with Crippen LogP contribution in [0.4, 0.5) is 5.13 Å². The van der Waals surface area contributed by atoms with Gasteiger partial charge in [0.05, 0.1) is 23.5 Å². The van der Waals surface area contributed by atoms with Crippen LogP contribution < -0.4 is 10.1 Å². The maximum Gasteiger partial charge on any atom is 0.250 e. The Balaban J connectivity index is 1.58. The Morgan fingerprint density at radius 1 is 1.09 bits per heavy atom. The van der Waals surface area contributed by atoms with E-state index in [4.69, 9.17) is 4.74 Å². The van der Waals surface area contributed by atoms with E-state index >= 15 is 0 Å². The molecule has 0 bridgehead atoms. The Kier molecular flexibility index (Phi) is 8.19. The Labute approximate surface area is 192 Å². The van der Waals surface area contributed by atoms with Crippen LogP contribution in [0.15, 0.2) is 64.9 Å². The van der Waals surface area contributed by atoms with Gasteiger partial charge < -0.3 is 4.74 Å². The summed E-state index contributed by atoms with van der Waals surface area (Å²) in [7, 11) is -1.65. The molecule has 0 atom stereocenters. The molecular weight excluding hydrogens is 444 g/mol. The average molecular weight is 471 g/mol. The van der Waals surface area contributed by atoms with E-state index in [9.17, 15) is 13.2 Å². The maximum atomic E-state index is 12.3. The molecule has 0 unspecified atom stereocenters. The average Bonchev–Trinajstić information content (AvgIpc) is 3.26. The number of nitrogens with zero attached hydrogens (tertiary/aromatic N) is 1. The van der Waals surface area contributed by atoms with Crippen LogP contribution in [0.5, 0.6) is 5.75 Å². The summed E-state index contributed by atoms with van der Waals surface area (Å²) in [5.41, 5.74) is 2.45. The van der Waals surface area contributed by atoms with Crippen molar-refractivity contribution in [2.45, 2.75) is 31.1 Å². The Hall–Kier alpha value is -2.97. The van der Waals surface area contributed by atoms with Crippen molar-refractivity contribution in [2.75, 3.05) is 18.2 Å². The predicted octanol–water partition coefficient (Wildman–Crippen LogP) is 5.43. The first-order valence-corrected chi connectivity index (χ1v) is 12.9. The summed E-state index contributed by atoms with van der Waals surface area (Å²) >= 11 is 1.34. The number of aromatic nitrogens is 1. The summed E-state index contributed by atoms with van der Waals surface area (Å²) in [6.07, 6.45) is 5.58. The summed E-state index contributed by atoms with van der Waals surface area (Å²) in [6, 6.07) is 14.1. The summed E-state index contributed by atoms with van der Waals surface area (Å²) < 4.78 is 29.8. The fraction of sp³-hybridized carbons (Fsp3) is 0.250. The molecule has 2 aromatic carbocycles. The van der Waals surface area contributed by atoms with Gasteiger partial charge in [0.2, 0.25) is 5.91 Å². The number of ether oxygens (including phenoxy) is 1. The second-order valence-electron chi connectivity index (χ2n) is 7.18. The van der Waals surface area contributed by atoms with E-state index in [2.05, 4.69) is 10.3 Å². The van der Waals surface area contributed by atoms with Crippen LogP contribution in [-0.2, 0) is 14.6 Å². The van der Waals surface area contributed by atoms with Gasteiger partial charge in [-0.2, -0.15) is 0 Å². The molecule has 0 fully saturated rings. The zero-order valence-electron chi connectivity index (χ0n) is 18.1. The minimum atomic E-state index is -3.26. The highest BCUT2D eigenvalue weighted by Crippen LogP contribution is 2.26. The highest BCUT2D eigenvalue weighted by atomic mass is 32.2. The molecule has 0 spiro atoms. The van der Waals surface area contributed by atoms with Gasteiger partial charge in [-0.05, 0) is 54.5 Å². The Morgan fingerprint density at radius 3 is 2.47 bits per heavy atom. The van der Waals surface area contributed by atoms with E-state index in [0.29, 0.717) is 16.4 Å². The molecule has 3 rings (SSSR count).